The Labute approximate surface area is 214 Å². The minimum absolute atomic E-state index is 0.0301. The van der Waals surface area contributed by atoms with Gasteiger partial charge in [0, 0.05) is 23.8 Å². The standard InChI is InChI=1S/C25H24O13/c1-34-13-6-16-21(14(27)8-15(36-16)11-2-4-12(26)5-3-11)17(7-13)37-25-24(33)23(32)22(31)18(38-25)10-35-20(30)9-19(28)29/h2-8,18,22-26,31-33H,9-10H2,1H3,(H,28,29). The summed E-state index contributed by atoms with van der Waals surface area (Å²) in [4.78, 5) is 35.3. The van der Waals surface area contributed by atoms with Crippen molar-refractivity contribution in [2.75, 3.05) is 13.7 Å². The number of hydrogen-bond donors (Lipinski definition) is 5. The van der Waals surface area contributed by atoms with Crippen molar-refractivity contribution >= 4 is 22.9 Å². The molecule has 2 heterocycles. The zero-order valence-electron chi connectivity index (χ0n) is 19.8. The minimum atomic E-state index is -1.80. The third-order valence-corrected chi connectivity index (χ3v) is 5.77. The van der Waals surface area contributed by atoms with Gasteiger partial charge in [0.15, 0.2) is 5.43 Å². The van der Waals surface area contributed by atoms with E-state index < -0.39 is 61.1 Å². The first-order valence-corrected chi connectivity index (χ1v) is 11.3. The molecule has 2 aromatic carbocycles. The zero-order chi connectivity index (χ0) is 27.6. The molecule has 5 atom stereocenters. The van der Waals surface area contributed by atoms with Crippen LogP contribution in [0.15, 0.2) is 51.7 Å². The summed E-state index contributed by atoms with van der Waals surface area (Å²) in [5.74, 6) is -2.23. The van der Waals surface area contributed by atoms with Crippen LogP contribution in [0.1, 0.15) is 6.42 Å². The van der Waals surface area contributed by atoms with Gasteiger partial charge >= 0.3 is 11.9 Å². The lowest BCUT2D eigenvalue weighted by atomic mass is 9.99. The van der Waals surface area contributed by atoms with Crippen LogP contribution in [-0.4, -0.2) is 81.9 Å². The predicted molar refractivity (Wildman–Crippen MR) is 127 cm³/mol. The van der Waals surface area contributed by atoms with Crippen molar-refractivity contribution < 1.29 is 58.5 Å². The number of phenolic OH excluding ortho intramolecular Hbond substituents is 1. The molecule has 1 saturated heterocycles. The van der Waals surface area contributed by atoms with Crippen molar-refractivity contribution in [1.29, 1.82) is 0 Å². The fraction of sp³-hybridized carbons (Fsp3) is 0.320. The van der Waals surface area contributed by atoms with Crippen LogP contribution >= 0.6 is 0 Å². The molecule has 1 aliphatic rings. The molecular formula is C25H24O13. The van der Waals surface area contributed by atoms with Gasteiger partial charge in [-0.15, -0.1) is 0 Å². The van der Waals surface area contributed by atoms with Crippen LogP contribution in [0.4, 0.5) is 0 Å². The molecule has 202 valence electrons. The average molecular weight is 532 g/mol. The van der Waals surface area contributed by atoms with Crippen molar-refractivity contribution in [1.82, 2.24) is 0 Å². The molecule has 3 aromatic rings. The van der Waals surface area contributed by atoms with E-state index in [-0.39, 0.29) is 34.0 Å². The number of methoxy groups -OCH3 is 1. The third kappa shape index (κ3) is 5.70. The summed E-state index contributed by atoms with van der Waals surface area (Å²) >= 11 is 0. The monoisotopic (exact) mass is 532 g/mol. The summed E-state index contributed by atoms with van der Waals surface area (Å²) < 4.78 is 27.2. The van der Waals surface area contributed by atoms with E-state index in [2.05, 4.69) is 0 Å². The van der Waals surface area contributed by atoms with E-state index in [1.807, 2.05) is 0 Å². The molecule has 0 radical (unpaired) electrons. The lowest BCUT2D eigenvalue weighted by Gasteiger charge is -2.40. The first-order chi connectivity index (χ1) is 18.1. The lowest BCUT2D eigenvalue weighted by Crippen LogP contribution is -2.60. The van der Waals surface area contributed by atoms with E-state index in [1.54, 1.807) is 12.1 Å². The van der Waals surface area contributed by atoms with Crippen LogP contribution < -0.4 is 14.9 Å². The number of esters is 1. The molecule has 1 fully saturated rings. The smallest absolute Gasteiger partial charge is 0.317 e. The Kier molecular flexibility index (Phi) is 7.83. The lowest BCUT2D eigenvalue weighted by molar-refractivity contribution is -0.278. The molecule has 5 unspecified atom stereocenters. The summed E-state index contributed by atoms with van der Waals surface area (Å²) in [6.07, 6.45) is -9.27. The van der Waals surface area contributed by atoms with Gasteiger partial charge in [-0.25, -0.2) is 0 Å². The normalized spacial score (nSPS) is 23.1. The van der Waals surface area contributed by atoms with Crippen LogP contribution in [0.2, 0.25) is 0 Å². The van der Waals surface area contributed by atoms with Crippen molar-refractivity contribution in [2.24, 2.45) is 0 Å². The van der Waals surface area contributed by atoms with E-state index in [0.717, 1.165) is 0 Å². The maximum atomic E-state index is 13.1. The topological polar surface area (TPSA) is 202 Å². The molecule has 4 rings (SSSR count). The van der Waals surface area contributed by atoms with Crippen LogP contribution in [0.3, 0.4) is 0 Å². The van der Waals surface area contributed by atoms with Crippen molar-refractivity contribution in [3.63, 3.8) is 0 Å². The molecule has 0 saturated carbocycles. The van der Waals surface area contributed by atoms with Gasteiger partial charge < -0.3 is 48.9 Å². The molecule has 0 spiro atoms. The number of carboxylic acids is 1. The van der Waals surface area contributed by atoms with E-state index in [9.17, 15) is 34.8 Å². The summed E-state index contributed by atoms with van der Waals surface area (Å²) in [6.45, 7) is -0.645. The number of fused-ring (bicyclic) bond motifs is 1. The van der Waals surface area contributed by atoms with Gasteiger partial charge in [-0.05, 0) is 24.3 Å². The Balaban J connectivity index is 1.65. The number of carbonyl (C=O) groups is 2. The second-order valence-corrected chi connectivity index (χ2v) is 8.41. The number of aromatic hydroxyl groups is 1. The zero-order valence-corrected chi connectivity index (χ0v) is 19.8. The predicted octanol–water partition coefficient (Wildman–Crippen LogP) is 0.379. The number of benzene rings is 2. The van der Waals surface area contributed by atoms with Gasteiger partial charge in [-0.1, -0.05) is 0 Å². The summed E-state index contributed by atoms with van der Waals surface area (Å²) in [7, 11) is 1.36. The number of aliphatic carboxylic acids is 1. The highest BCUT2D eigenvalue weighted by atomic mass is 16.7. The number of aliphatic hydroxyl groups is 3. The number of carbonyl (C=O) groups excluding carboxylic acids is 1. The molecule has 38 heavy (non-hydrogen) atoms. The van der Waals surface area contributed by atoms with Crippen LogP contribution in [0, 0.1) is 0 Å². The number of aliphatic hydroxyl groups excluding tert-OH is 3. The van der Waals surface area contributed by atoms with Gasteiger partial charge in [0.05, 0.1) is 7.11 Å². The van der Waals surface area contributed by atoms with Crippen molar-refractivity contribution in [3.8, 4) is 28.6 Å². The quantitative estimate of drug-likeness (QED) is 0.197. The van der Waals surface area contributed by atoms with Crippen molar-refractivity contribution in [3.05, 3.63) is 52.7 Å². The van der Waals surface area contributed by atoms with Gasteiger partial charge in [-0.3, -0.25) is 14.4 Å². The number of hydrogen-bond acceptors (Lipinski definition) is 12. The maximum absolute atomic E-state index is 13.1. The summed E-state index contributed by atoms with van der Waals surface area (Å²) in [5.41, 5.74) is 0.0347. The Morgan fingerprint density at radius 2 is 1.71 bits per heavy atom. The van der Waals surface area contributed by atoms with E-state index >= 15 is 0 Å². The maximum Gasteiger partial charge on any atom is 0.317 e. The Morgan fingerprint density at radius 3 is 2.37 bits per heavy atom. The summed E-state index contributed by atoms with van der Waals surface area (Å²) in [5, 5.41) is 49.2. The highest BCUT2D eigenvalue weighted by molar-refractivity contribution is 5.90. The van der Waals surface area contributed by atoms with Gasteiger partial charge in [0.25, 0.3) is 0 Å². The van der Waals surface area contributed by atoms with Gasteiger partial charge in [-0.2, -0.15) is 0 Å². The van der Waals surface area contributed by atoms with Gasteiger partial charge in [0.2, 0.25) is 6.29 Å². The number of carboxylic acid groups (broad SMARTS) is 1. The number of phenols is 1. The fourth-order valence-corrected chi connectivity index (χ4v) is 3.83. The SMILES string of the molecule is COc1cc(OC2OC(COC(=O)CC(=O)O)C(O)C(O)C2O)c2c(=O)cc(-c3ccc(O)cc3)oc2c1. The second kappa shape index (κ2) is 11.1. The number of rotatable bonds is 8. The first-order valence-electron chi connectivity index (χ1n) is 11.3. The molecule has 0 bridgehead atoms. The summed E-state index contributed by atoms with van der Waals surface area (Å²) in [6, 6.07) is 9.94. The highest BCUT2D eigenvalue weighted by Gasteiger charge is 2.45. The first kappa shape index (κ1) is 26.9. The van der Waals surface area contributed by atoms with Crippen LogP contribution in [0.5, 0.6) is 17.2 Å². The number of ether oxygens (including phenoxy) is 4. The molecule has 13 heteroatoms. The van der Waals surface area contributed by atoms with Crippen LogP contribution in [0.25, 0.3) is 22.3 Å². The van der Waals surface area contributed by atoms with E-state index in [4.69, 9.17) is 28.5 Å². The van der Waals surface area contributed by atoms with E-state index in [1.165, 1.54) is 37.4 Å². The molecule has 1 aromatic heterocycles. The van der Waals surface area contributed by atoms with Gasteiger partial charge in [0.1, 0.15) is 71.4 Å². The molecule has 1 aliphatic heterocycles. The average Bonchev–Trinajstić information content (AvgIpc) is 2.87. The second-order valence-electron chi connectivity index (χ2n) is 8.41. The largest absolute Gasteiger partial charge is 0.508 e. The van der Waals surface area contributed by atoms with Crippen LogP contribution in [-0.2, 0) is 19.1 Å². The molecule has 0 aliphatic carbocycles. The van der Waals surface area contributed by atoms with E-state index in [0.29, 0.717) is 5.56 Å². The molecule has 5 N–H and O–H groups in total. The Bertz CT molecular complexity index is 1380. The Hall–Kier alpha value is -4.17. The third-order valence-electron chi connectivity index (χ3n) is 5.77. The molecule has 13 nitrogen and oxygen atoms in total. The molecular weight excluding hydrogens is 508 g/mol. The minimum Gasteiger partial charge on any atom is -0.508 e. The van der Waals surface area contributed by atoms with Crippen molar-refractivity contribution in [2.45, 2.75) is 37.1 Å². The highest BCUT2D eigenvalue weighted by Crippen LogP contribution is 2.34. The molecule has 0 amide bonds. The fourth-order valence-electron chi connectivity index (χ4n) is 3.83. The Morgan fingerprint density at radius 1 is 1.00 bits per heavy atom.